The summed E-state index contributed by atoms with van der Waals surface area (Å²) >= 11 is 0. The zero-order valence-corrected chi connectivity index (χ0v) is 16.6. The molecule has 1 aromatic carbocycles. The molecule has 1 aromatic rings. The number of benzene rings is 1. The molecule has 7 nitrogen and oxygen atoms in total. The van der Waals surface area contributed by atoms with Gasteiger partial charge in [-0.25, -0.2) is 0 Å². The minimum absolute atomic E-state index is 0.114. The Kier molecular flexibility index (Phi) is 4.87. The lowest BCUT2D eigenvalue weighted by molar-refractivity contribution is -0.136. The Morgan fingerprint density at radius 3 is 2.76 bits per heavy atom. The summed E-state index contributed by atoms with van der Waals surface area (Å²) in [5.41, 5.74) is 2.79. The molecule has 0 aromatic heterocycles. The minimum Gasteiger partial charge on any atom is -0.322 e. The van der Waals surface area contributed by atoms with Crippen LogP contribution in [0.3, 0.4) is 0 Å². The molecule has 7 heteroatoms. The Morgan fingerprint density at radius 1 is 1.10 bits per heavy atom. The highest BCUT2D eigenvalue weighted by Crippen LogP contribution is 2.41. The lowest BCUT2D eigenvalue weighted by atomic mass is 9.95. The van der Waals surface area contributed by atoms with Crippen molar-refractivity contribution in [3.63, 3.8) is 0 Å². The Hall–Kier alpha value is -2.25. The van der Waals surface area contributed by atoms with Gasteiger partial charge in [-0.05, 0) is 61.3 Å². The normalized spacial score (nSPS) is 29.3. The molecule has 3 unspecified atom stereocenters. The van der Waals surface area contributed by atoms with Crippen molar-refractivity contribution in [2.75, 3.05) is 13.1 Å². The van der Waals surface area contributed by atoms with Gasteiger partial charge < -0.3 is 15.5 Å². The van der Waals surface area contributed by atoms with E-state index >= 15 is 0 Å². The van der Waals surface area contributed by atoms with E-state index in [4.69, 9.17) is 0 Å². The molecular formula is C22H28N4O3. The van der Waals surface area contributed by atoms with E-state index < -0.39 is 6.04 Å². The van der Waals surface area contributed by atoms with Gasteiger partial charge in [-0.1, -0.05) is 12.1 Å². The van der Waals surface area contributed by atoms with Crippen LogP contribution in [0.4, 0.5) is 0 Å². The first-order valence-corrected chi connectivity index (χ1v) is 10.8. The van der Waals surface area contributed by atoms with Gasteiger partial charge in [0.1, 0.15) is 6.04 Å². The molecule has 0 radical (unpaired) electrons. The van der Waals surface area contributed by atoms with Crippen LogP contribution in [0.15, 0.2) is 18.2 Å². The van der Waals surface area contributed by atoms with Crippen molar-refractivity contribution in [3.05, 3.63) is 34.9 Å². The molecule has 0 bridgehead atoms. The number of rotatable bonds is 6. The quantitative estimate of drug-likeness (QED) is 0.623. The maximum Gasteiger partial charge on any atom is 0.255 e. The highest BCUT2D eigenvalue weighted by atomic mass is 16.2. The maximum absolute atomic E-state index is 12.8. The fraction of sp³-hybridized carbons (Fsp3) is 0.591. The molecule has 3 aliphatic heterocycles. The first kappa shape index (κ1) is 18.8. The van der Waals surface area contributed by atoms with Gasteiger partial charge in [0.25, 0.3) is 5.91 Å². The van der Waals surface area contributed by atoms with Crippen LogP contribution in [-0.2, 0) is 22.7 Å². The monoisotopic (exact) mass is 396 g/mol. The Labute approximate surface area is 170 Å². The number of nitrogens with zero attached hydrogens (tertiary/aromatic N) is 1. The summed E-state index contributed by atoms with van der Waals surface area (Å²) in [5, 5.41) is 9.57. The molecule has 4 aliphatic rings. The van der Waals surface area contributed by atoms with Crippen molar-refractivity contribution in [1.82, 2.24) is 20.9 Å². The van der Waals surface area contributed by atoms with E-state index in [9.17, 15) is 14.4 Å². The van der Waals surface area contributed by atoms with Gasteiger partial charge in [0.2, 0.25) is 11.8 Å². The summed E-state index contributed by atoms with van der Waals surface area (Å²) in [6.45, 7) is 3.31. The predicted molar refractivity (Wildman–Crippen MR) is 107 cm³/mol. The third-order valence-electron chi connectivity index (χ3n) is 6.91. The largest absolute Gasteiger partial charge is 0.322 e. The van der Waals surface area contributed by atoms with Crippen LogP contribution in [0.25, 0.3) is 0 Å². The molecule has 3 atom stereocenters. The van der Waals surface area contributed by atoms with Gasteiger partial charge in [-0.3, -0.25) is 19.7 Å². The fourth-order valence-corrected chi connectivity index (χ4v) is 5.21. The highest BCUT2D eigenvalue weighted by molar-refractivity contribution is 6.05. The lowest BCUT2D eigenvalue weighted by Gasteiger charge is -2.29. The molecule has 1 aliphatic carbocycles. The Balaban J connectivity index is 1.19. The van der Waals surface area contributed by atoms with E-state index in [1.165, 1.54) is 19.3 Å². The topological polar surface area (TPSA) is 90.5 Å². The number of nitrogens with one attached hydrogen (secondary N) is 3. The Bertz CT molecular complexity index is 850. The number of hydrogen-bond acceptors (Lipinski definition) is 5. The van der Waals surface area contributed by atoms with Crippen molar-refractivity contribution in [2.45, 2.75) is 57.3 Å². The van der Waals surface area contributed by atoms with Crippen molar-refractivity contribution >= 4 is 17.7 Å². The molecule has 0 spiro atoms. The van der Waals surface area contributed by atoms with Crippen LogP contribution >= 0.6 is 0 Å². The van der Waals surface area contributed by atoms with Gasteiger partial charge in [0.05, 0.1) is 0 Å². The van der Waals surface area contributed by atoms with Crippen molar-refractivity contribution in [2.24, 2.45) is 11.8 Å². The molecule has 154 valence electrons. The average molecular weight is 396 g/mol. The van der Waals surface area contributed by atoms with E-state index in [0.29, 0.717) is 24.6 Å². The van der Waals surface area contributed by atoms with Crippen molar-refractivity contribution in [3.8, 4) is 0 Å². The van der Waals surface area contributed by atoms with Crippen LogP contribution in [0, 0.1) is 11.8 Å². The SMILES string of the molecule is O=C1CCC(N2Cc3cc(CNCC4NCCC4C4CC4)ccc3C2=O)C(=O)N1. The third kappa shape index (κ3) is 3.69. The number of fused-ring (bicyclic) bond motifs is 1. The van der Waals surface area contributed by atoms with Crippen LogP contribution in [-0.4, -0.2) is 47.8 Å². The molecule has 3 heterocycles. The van der Waals surface area contributed by atoms with E-state index in [0.717, 1.165) is 42.6 Å². The smallest absolute Gasteiger partial charge is 0.255 e. The molecule has 29 heavy (non-hydrogen) atoms. The van der Waals surface area contributed by atoms with Crippen molar-refractivity contribution < 1.29 is 14.4 Å². The third-order valence-corrected chi connectivity index (χ3v) is 6.91. The number of carbonyl (C=O) groups is 3. The van der Waals surface area contributed by atoms with Gasteiger partial charge >= 0.3 is 0 Å². The second kappa shape index (κ2) is 7.54. The predicted octanol–water partition coefficient (Wildman–Crippen LogP) is 0.925. The van der Waals surface area contributed by atoms with E-state index in [1.807, 2.05) is 12.1 Å². The molecule has 3 fully saturated rings. The summed E-state index contributed by atoms with van der Waals surface area (Å²) in [4.78, 5) is 37.9. The molecule has 2 saturated heterocycles. The standard InChI is InChI=1S/C22H28N4O3/c27-20-6-5-19(21(28)25-20)26-12-15-9-13(1-4-17(15)22(26)29)10-23-11-18-16(7-8-24-18)14-2-3-14/h1,4,9,14,16,18-19,23-24H,2-3,5-8,10-12H2,(H,25,27,28). The molecule has 3 amide bonds. The minimum atomic E-state index is -0.554. The molecule has 5 rings (SSSR count). The van der Waals surface area contributed by atoms with Crippen molar-refractivity contribution in [1.29, 1.82) is 0 Å². The lowest BCUT2D eigenvalue weighted by Crippen LogP contribution is -2.52. The second-order valence-corrected chi connectivity index (χ2v) is 8.87. The first-order valence-electron chi connectivity index (χ1n) is 10.8. The summed E-state index contributed by atoms with van der Waals surface area (Å²) < 4.78 is 0. The van der Waals surface area contributed by atoms with Gasteiger partial charge in [0, 0.05) is 37.7 Å². The zero-order valence-electron chi connectivity index (χ0n) is 16.6. The zero-order chi connectivity index (χ0) is 20.0. The summed E-state index contributed by atoms with van der Waals surface area (Å²) in [6.07, 6.45) is 4.77. The molecule has 1 saturated carbocycles. The van der Waals surface area contributed by atoms with Crippen LogP contribution < -0.4 is 16.0 Å². The average Bonchev–Trinajstić information content (AvgIpc) is 3.36. The summed E-state index contributed by atoms with van der Waals surface area (Å²) in [6, 6.07) is 5.97. The van der Waals surface area contributed by atoms with Gasteiger partial charge in [-0.2, -0.15) is 0 Å². The highest BCUT2D eigenvalue weighted by Gasteiger charge is 2.40. The van der Waals surface area contributed by atoms with Gasteiger partial charge in [0.15, 0.2) is 0 Å². The first-order chi connectivity index (χ1) is 14.1. The number of hydrogen-bond donors (Lipinski definition) is 3. The second-order valence-electron chi connectivity index (χ2n) is 8.87. The van der Waals surface area contributed by atoms with E-state index in [2.05, 4.69) is 22.0 Å². The number of carbonyl (C=O) groups excluding carboxylic acids is 3. The fourth-order valence-electron chi connectivity index (χ4n) is 5.21. The Morgan fingerprint density at radius 2 is 1.97 bits per heavy atom. The maximum atomic E-state index is 12.8. The summed E-state index contributed by atoms with van der Waals surface area (Å²) in [5.74, 6) is 1.02. The molecular weight excluding hydrogens is 368 g/mol. The number of amides is 3. The number of piperidine rings is 1. The van der Waals surface area contributed by atoms with E-state index in [-0.39, 0.29) is 24.1 Å². The van der Waals surface area contributed by atoms with Crippen LogP contribution in [0.5, 0.6) is 0 Å². The van der Waals surface area contributed by atoms with E-state index in [1.54, 1.807) is 4.90 Å². The van der Waals surface area contributed by atoms with Gasteiger partial charge in [-0.15, -0.1) is 0 Å². The molecule has 3 N–H and O–H groups in total. The summed E-state index contributed by atoms with van der Waals surface area (Å²) in [7, 11) is 0. The van der Waals surface area contributed by atoms with Crippen LogP contribution in [0.2, 0.25) is 0 Å². The van der Waals surface area contributed by atoms with Crippen LogP contribution in [0.1, 0.15) is 53.6 Å². The number of imide groups is 1.